The summed E-state index contributed by atoms with van der Waals surface area (Å²) < 4.78 is 29.6. The van der Waals surface area contributed by atoms with Gasteiger partial charge in [-0.2, -0.15) is 0 Å². The average molecular weight is 290 g/mol. The fourth-order valence-electron chi connectivity index (χ4n) is 0. The van der Waals surface area contributed by atoms with E-state index in [1.165, 1.54) is 0 Å². The fourth-order valence-corrected chi connectivity index (χ4v) is 0. The first-order valence-corrected chi connectivity index (χ1v) is 4.45. The Balaban J connectivity index is -0.0000000450. The maximum atomic E-state index is 9.87. The molecule has 28 valence electrons. The van der Waals surface area contributed by atoms with Crippen LogP contribution in [0.5, 0.6) is 0 Å². The van der Waals surface area contributed by atoms with E-state index in [1.807, 2.05) is 0 Å². The van der Waals surface area contributed by atoms with Crippen LogP contribution in [0.25, 0.3) is 0 Å². The van der Waals surface area contributed by atoms with Crippen LogP contribution in [0.3, 0.4) is 0 Å². The molecule has 0 saturated heterocycles. The van der Waals surface area contributed by atoms with Crippen LogP contribution in [0, 0.1) is 0 Å². The molecular weight excluding hydrogens is 289 g/mol. The van der Waals surface area contributed by atoms with Gasteiger partial charge in [0.15, 0.2) is 0 Å². The number of rotatable bonds is 0. The molecule has 0 saturated carbocycles. The monoisotopic (exact) mass is 290 g/mol. The molecule has 0 N–H and O–H groups in total. The second kappa shape index (κ2) is 5.67. The molecule has 0 heterocycles. The number of hydrogen-bond donors (Lipinski definition) is 0. The Morgan fingerprint density at radius 3 is 1.20 bits per heavy atom. The normalized spacial score (nSPS) is 7.20. The molecule has 5 heavy (non-hydrogen) atoms. The van der Waals surface area contributed by atoms with Crippen molar-refractivity contribution >= 4 is 23.6 Å². The molecule has 0 aliphatic heterocycles. The van der Waals surface area contributed by atoms with Gasteiger partial charge in [-0.05, 0) is 0 Å². The fraction of sp³-hybridized carbons (Fsp3) is 0. The second-order valence-corrected chi connectivity index (χ2v) is 1.68. The predicted octanol–water partition coefficient (Wildman–Crippen LogP) is -2.00. The van der Waals surface area contributed by atoms with Gasteiger partial charge in [0, 0.05) is 0 Å². The first-order valence-electron chi connectivity index (χ1n) is 0.507. The van der Waals surface area contributed by atoms with Crippen molar-refractivity contribution in [2.24, 2.45) is 0 Å². The van der Waals surface area contributed by atoms with Gasteiger partial charge < -0.3 is 1.43 Å². The van der Waals surface area contributed by atoms with Crippen LogP contribution >= 0.6 is 0 Å². The molecule has 0 nitrogen and oxygen atoms in total. The molecule has 0 aromatic heterocycles. The standard InChI is InChI=1S/Bi.3FH.Na.H/h;3*1H;;/q+3;;;;+1;-1/p-3. The molecule has 0 bridgehead atoms. The molecule has 0 unspecified atom stereocenters. The van der Waals surface area contributed by atoms with Crippen LogP contribution in [-0.4, -0.2) is 23.6 Å². The largest absolute Gasteiger partial charge is 1.00 e. The number of hydrogen-bond acceptors (Lipinski definition) is 0. The molecule has 0 fully saturated rings. The van der Waals surface area contributed by atoms with Gasteiger partial charge >= 0.3 is 61.0 Å². The van der Waals surface area contributed by atoms with E-state index in [-0.39, 0.29) is 31.0 Å². The van der Waals surface area contributed by atoms with E-state index in [1.54, 1.807) is 0 Å². The van der Waals surface area contributed by atoms with Crippen molar-refractivity contribution in [2.75, 3.05) is 0 Å². The molecule has 0 rings (SSSR count). The Hall–Kier alpha value is 1.67. The molecule has 0 amide bonds. The summed E-state index contributed by atoms with van der Waals surface area (Å²) in [5, 5.41) is 0. The van der Waals surface area contributed by atoms with Gasteiger partial charge in [0.05, 0.1) is 0 Å². The van der Waals surface area contributed by atoms with Crippen molar-refractivity contribution < 1.29 is 38.9 Å². The molecule has 5 heteroatoms. The molecule has 0 spiro atoms. The topological polar surface area (TPSA) is 0 Å². The summed E-state index contributed by atoms with van der Waals surface area (Å²) >= 11 is -5.09. The van der Waals surface area contributed by atoms with Gasteiger partial charge in [-0.1, -0.05) is 0 Å². The van der Waals surface area contributed by atoms with Crippen molar-refractivity contribution in [3.63, 3.8) is 0 Å². The first-order chi connectivity index (χ1) is 1.73. The molecular formula is HBiF3Na. The second-order valence-electron chi connectivity index (χ2n) is 0.192. The zero-order valence-electron chi connectivity index (χ0n) is 3.58. The van der Waals surface area contributed by atoms with E-state index in [4.69, 9.17) is 0 Å². The zero-order chi connectivity index (χ0) is 3.58. The summed E-state index contributed by atoms with van der Waals surface area (Å²) in [6, 6.07) is 0. The smallest absolute Gasteiger partial charge is 1.00 e. The predicted molar refractivity (Wildman–Crippen MR) is 10.2 cm³/mol. The molecule has 0 aromatic rings. The molecule has 0 atom stereocenters. The zero-order valence-corrected chi connectivity index (χ0v) is 8.06. The van der Waals surface area contributed by atoms with E-state index < -0.39 is 23.6 Å². The summed E-state index contributed by atoms with van der Waals surface area (Å²) in [7, 11) is 0. The molecule has 0 aromatic carbocycles. The van der Waals surface area contributed by atoms with E-state index >= 15 is 0 Å². The quantitative estimate of drug-likeness (QED) is 0.453. The van der Waals surface area contributed by atoms with Crippen LogP contribution in [0.4, 0.5) is 7.88 Å². The van der Waals surface area contributed by atoms with Crippen molar-refractivity contribution in [3.8, 4) is 0 Å². The van der Waals surface area contributed by atoms with Crippen LogP contribution < -0.4 is 29.6 Å². The Morgan fingerprint density at radius 1 is 1.20 bits per heavy atom. The third-order valence-electron chi connectivity index (χ3n) is 0. The SMILES string of the molecule is [F][Bi]([F])[F].[H-].[Na+]. The van der Waals surface area contributed by atoms with Crippen molar-refractivity contribution in [1.29, 1.82) is 0 Å². The van der Waals surface area contributed by atoms with Crippen molar-refractivity contribution in [1.82, 2.24) is 0 Å². The van der Waals surface area contributed by atoms with Gasteiger partial charge in [-0.25, -0.2) is 0 Å². The van der Waals surface area contributed by atoms with Crippen LogP contribution in [0.15, 0.2) is 0 Å². The Labute approximate surface area is 61.8 Å². The van der Waals surface area contributed by atoms with Gasteiger partial charge in [-0.15, -0.1) is 0 Å². The minimum absolute atomic E-state index is 0. The van der Waals surface area contributed by atoms with Gasteiger partial charge in [-0.3, -0.25) is 0 Å². The summed E-state index contributed by atoms with van der Waals surface area (Å²) in [5.74, 6) is 0. The van der Waals surface area contributed by atoms with Gasteiger partial charge in [0.25, 0.3) is 0 Å². The minimum atomic E-state index is -5.09. The Kier molecular flexibility index (Phi) is 11.2. The van der Waals surface area contributed by atoms with Crippen molar-refractivity contribution in [2.45, 2.75) is 0 Å². The average Bonchev–Trinajstić information content (AvgIpc) is 0.811. The van der Waals surface area contributed by atoms with E-state index in [0.717, 1.165) is 0 Å². The first kappa shape index (κ1) is 9.83. The summed E-state index contributed by atoms with van der Waals surface area (Å²) in [6.07, 6.45) is 0. The molecule has 0 radical (unpaired) electrons. The van der Waals surface area contributed by atoms with Crippen LogP contribution in [-0.2, 0) is 0 Å². The third-order valence-corrected chi connectivity index (χ3v) is 0. The van der Waals surface area contributed by atoms with E-state index in [2.05, 4.69) is 0 Å². The van der Waals surface area contributed by atoms with Gasteiger partial charge in [0.1, 0.15) is 0 Å². The van der Waals surface area contributed by atoms with Crippen LogP contribution in [0.1, 0.15) is 1.43 Å². The summed E-state index contributed by atoms with van der Waals surface area (Å²) in [6.45, 7) is 0. The Morgan fingerprint density at radius 2 is 1.20 bits per heavy atom. The maximum absolute atomic E-state index is 9.87. The number of halogens is 3. The van der Waals surface area contributed by atoms with Gasteiger partial charge in [0.2, 0.25) is 0 Å². The maximum Gasteiger partial charge on any atom is 1.00 e. The van der Waals surface area contributed by atoms with E-state index in [9.17, 15) is 7.88 Å². The third kappa shape index (κ3) is 27.3. The summed E-state index contributed by atoms with van der Waals surface area (Å²) in [5.41, 5.74) is 0. The minimum Gasteiger partial charge on any atom is -1.00 e. The van der Waals surface area contributed by atoms with Crippen LogP contribution in [0.2, 0.25) is 0 Å². The van der Waals surface area contributed by atoms with Crippen molar-refractivity contribution in [3.05, 3.63) is 0 Å². The Bertz CT molecular complexity index is 15.5. The summed E-state index contributed by atoms with van der Waals surface area (Å²) in [4.78, 5) is 0. The molecule has 0 aliphatic carbocycles. The molecule has 0 aliphatic rings. The van der Waals surface area contributed by atoms with E-state index in [0.29, 0.717) is 0 Å².